The molecule has 1 saturated heterocycles. The Labute approximate surface area is 125 Å². The Hall–Kier alpha value is -1.16. The third-order valence-electron chi connectivity index (χ3n) is 5.17. The first-order valence-electron chi connectivity index (χ1n) is 8.09. The first-order valence-corrected chi connectivity index (χ1v) is 8.09. The summed E-state index contributed by atoms with van der Waals surface area (Å²) in [6.45, 7) is 1.82. The minimum atomic E-state index is -0.780. The zero-order chi connectivity index (χ0) is 14.8. The van der Waals surface area contributed by atoms with Crippen LogP contribution in [0.4, 0.5) is 14.5 Å². The number of rotatable bonds is 4. The zero-order valence-corrected chi connectivity index (χ0v) is 12.4. The summed E-state index contributed by atoms with van der Waals surface area (Å²) < 4.78 is 26.3. The Balaban J connectivity index is 1.56. The van der Waals surface area contributed by atoms with Gasteiger partial charge < -0.3 is 10.6 Å². The molecule has 1 aliphatic carbocycles. The van der Waals surface area contributed by atoms with E-state index in [1.807, 2.05) is 0 Å². The number of nitrogens with two attached hydrogens (primary N) is 1. The highest BCUT2D eigenvalue weighted by molar-refractivity contribution is 5.47. The Kier molecular flexibility index (Phi) is 4.43. The Morgan fingerprint density at radius 3 is 2.62 bits per heavy atom. The van der Waals surface area contributed by atoms with E-state index in [9.17, 15) is 8.78 Å². The second kappa shape index (κ2) is 6.30. The first-order chi connectivity index (χ1) is 10.1. The van der Waals surface area contributed by atoms with Gasteiger partial charge in [0, 0.05) is 30.9 Å². The summed E-state index contributed by atoms with van der Waals surface area (Å²) in [6, 6.07) is 4.48. The third-order valence-corrected chi connectivity index (χ3v) is 5.17. The molecule has 0 amide bonds. The number of anilines is 1. The van der Waals surface area contributed by atoms with E-state index in [1.165, 1.54) is 37.8 Å². The van der Waals surface area contributed by atoms with Gasteiger partial charge >= 0.3 is 0 Å². The summed E-state index contributed by atoms with van der Waals surface area (Å²) in [4.78, 5) is 2.15. The first kappa shape index (κ1) is 14.8. The molecule has 2 N–H and O–H groups in total. The maximum absolute atomic E-state index is 13.3. The van der Waals surface area contributed by atoms with E-state index in [1.54, 1.807) is 6.07 Å². The molecule has 2 nitrogen and oxygen atoms in total. The summed E-state index contributed by atoms with van der Waals surface area (Å²) in [5.41, 5.74) is 7.14. The Bertz CT molecular complexity index is 486. The molecule has 4 heteroatoms. The van der Waals surface area contributed by atoms with Crippen molar-refractivity contribution in [3.8, 4) is 0 Å². The summed E-state index contributed by atoms with van der Waals surface area (Å²) in [5, 5.41) is 0. The van der Waals surface area contributed by atoms with E-state index in [-0.39, 0.29) is 0 Å². The van der Waals surface area contributed by atoms with Crippen LogP contribution in [-0.2, 0) is 0 Å². The van der Waals surface area contributed by atoms with Crippen LogP contribution in [0.5, 0.6) is 0 Å². The molecule has 2 aliphatic rings. The Morgan fingerprint density at radius 1 is 1.14 bits per heavy atom. The van der Waals surface area contributed by atoms with Crippen molar-refractivity contribution in [1.82, 2.24) is 0 Å². The standard InChI is InChI=1S/C17H24F2N2/c18-15-6-5-14(10-16(15)19)21-8-7-12(11-21)9-17(20)13-3-1-2-4-13/h5-6,10,12-13,17H,1-4,7-9,11,20H2. The molecule has 3 rings (SSSR count). The number of hydrogen-bond donors (Lipinski definition) is 1. The molecule has 2 atom stereocenters. The summed E-state index contributed by atoms with van der Waals surface area (Å²) in [6.07, 6.45) is 7.36. The fourth-order valence-electron chi connectivity index (χ4n) is 3.90. The van der Waals surface area contributed by atoms with Gasteiger partial charge in [0.25, 0.3) is 0 Å². The molecular weight excluding hydrogens is 270 g/mol. The van der Waals surface area contributed by atoms with Crippen molar-refractivity contribution < 1.29 is 8.78 Å². The molecular formula is C17H24F2N2. The van der Waals surface area contributed by atoms with Gasteiger partial charge in [-0.15, -0.1) is 0 Å². The van der Waals surface area contributed by atoms with Gasteiger partial charge in [0.1, 0.15) is 0 Å². The lowest BCUT2D eigenvalue weighted by Crippen LogP contribution is -2.31. The van der Waals surface area contributed by atoms with Crippen LogP contribution >= 0.6 is 0 Å². The van der Waals surface area contributed by atoms with Crippen LogP contribution in [0.25, 0.3) is 0 Å². The third kappa shape index (κ3) is 3.37. The average molecular weight is 294 g/mol. The topological polar surface area (TPSA) is 29.3 Å². The van der Waals surface area contributed by atoms with E-state index in [0.717, 1.165) is 31.6 Å². The molecule has 116 valence electrons. The maximum atomic E-state index is 13.3. The van der Waals surface area contributed by atoms with E-state index in [4.69, 9.17) is 5.73 Å². The van der Waals surface area contributed by atoms with Gasteiger partial charge in [-0.05, 0) is 49.7 Å². The van der Waals surface area contributed by atoms with Crippen molar-refractivity contribution in [2.75, 3.05) is 18.0 Å². The molecule has 2 fully saturated rings. The van der Waals surface area contributed by atoms with Crippen molar-refractivity contribution in [3.63, 3.8) is 0 Å². The summed E-state index contributed by atoms with van der Waals surface area (Å²) in [7, 11) is 0. The molecule has 0 bridgehead atoms. The molecule has 1 saturated carbocycles. The normalized spacial score (nSPS) is 24.7. The van der Waals surface area contributed by atoms with Gasteiger partial charge in [-0.25, -0.2) is 8.78 Å². The lowest BCUT2D eigenvalue weighted by Gasteiger charge is -2.23. The highest BCUT2D eigenvalue weighted by Crippen LogP contribution is 2.32. The minimum Gasteiger partial charge on any atom is -0.371 e. The number of hydrogen-bond acceptors (Lipinski definition) is 2. The second-order valence-electron chi connectivity index (χ2n) is 6.64. The van der Waals surface area contributed by atoms with Crippen LogP contribution in [0.15, 0.2) is 18.2 Å². The predicted octanol–water partition coefficient (Wildman–Crippen LogP) is 3.70. The maximum Gasteiger partial charge on any atom is 0.160 e. The molecule has 0 spiro atoms. The smallest absolute Gasteiger partial charge is 0.160 e. The fourth-order valence-corrected chi connectivity index (χ4v) is 3.90. The van der Waals surface area contributed by atoms with E-state index < -0.39 is 11.6 Å². The van der Waals surface area contributed by atoms with Crippen molar-refractivity contribution in [3.05, 3.63) is 29.8 Å². The molecule has 1 aliphatic heterocycles. The van der Waals surface area contributed by atoms with Gasteiger partial charge in [-0.1, -0.05) is 12.8 Å². The van der Waals surface area contributed by atoms with Crippen molar-refractivity contribution in [1.29, 1.82) is 0 Å². The lowest BCUT2D eigenvalue weighted by molar-refractivity contribution is 0.357. The van der Waals surface area contributed by atoms with Gasteiger partial charge in [0.15, 0.2) is 11.6 Å². The molecule has 0 radical (unpaired) electrons. The Morgan fingerprint density at radius 2 is 1.90 bits per heavy atom. The highest BCUT2D eigenvalue weighted by atomic mass is 19.2. The largest absolute Gasteiger partial charge is 0.371 e. The van der Waals surface area contributed by atoms with E-state index >= 15 is 0 Å². The quantitative estimate of drug-likeness (QED) is 0.917. The summed E-state index contributed by atoms with van der Waals surface area (Å²) in [5.74, 6) is -0.271. The fraction of sp³-hybridized carbons (Fsp3) is 0.647. The minimum absolute atomic E-state index is 0.308. The van der Waals surface area contributed by atoms with E-state index in [2.05, 4.69) is 4.90 Å². The van der Waals surface area contributed by atoms with Gasteiger partial charge in [-0.3, -0.25) is 0 Å². The van der Waals surface area contributed by atoms with Crippen LogP contribution < -0.4 is 10.6 Å². The van der Waals surface area contributed by atoms with Crippen LogP contribution in [0, 0.1) is 23.5 Å². The SMILES string of the molecule is NC(CC1CCN(c2ccc(F)c(F)c2)C1)C1CCCC1. The molecule has 1 aromatic rings. The van der Waals surface area contributed by atoms with Gasteiger partial charge in [0.2, 0.25) is 0 Å². The average Bonchev–Trinajstić information content (AvgIpc) is 3.12. The molecule has 21 heavy (non-hydrogen) atoms. The molecule has 1 heterocycles. The number of nitrogens with zero attached hydrogens (tertiary/aromatic N) is 1. The number of halogens is 2. The van der Waals surface area contributed by atoms with Gasteiger partial charge in [0.05, 0.1) is 0 Å². The van der Waals surface area contributed by atoms with Crippen molar-refractivity contribution in [2.45, 2.75) is 44.6 Å². The van der Waals surface area contributed by atoms with Crippen LogP contribution in [-0.4, -0.2) is 19.1 Å². The molecule has 0 aromatic heterocycles. The van der Waals surface area contributed by atoms with Crippen molar-refractivity contribution in [2.24, 2.45) is 17.6 Å². The monoisotopic (exact) mass is 294 g/mol. The highest BCUT2D eigenvalue weighted by Gasteiger charge is 2.29. The number of benzene rings is 1. The lowest BCUT2D eigenvalue weighted by atomic mass is 9.89. The van der Waals surface area contributed by atoms with Crippen LogP contribution in [0.3, 0.4) is 0 Å². The second-order valence-corrected chi connectivity index (χ2v) is 6.64. The predicted molar refractivity (Wildman–Crippen MR) is 81.2 cm³/mol. The molecule has 2 unspecified atom stereocenters. The molecule has 1 aromatic carbocycles. The van der Waals surface area contributed by atoms with E-state index in [0.29, 0.717) is 17.9 Å². The van der Waals surface area contributed by atoms with Crippen LogP contribution in [0.1, 0.15) is 38.5 Å². The zero-order valence-electron chi connectivity index (χ0n) is 12.4. The van der Waals surface area contributed by atoms with Crippen LogP contribution in [0.2, 0.25) is 0 Å². The van der Waals surface area contributed by atoms with Gasteiger partial charge in [-0.2, -0.15) is 0 Å². The summed E-state index contributed by atoms with van der Waals surface area (Å²) >= 11 is 0. The van der Waals surface area contributed by atoms with Crippen molar-refractivity contribution >= 4 is 5.69 Å².